The third-order valence-electron chi connectivity index (χ3n) is 13.6. The number of fused-ring (bicyclic) bond motifs is 1. The molecule has 3 fully saturated rings. The molecule has 3 heterocycles. The monoisotopic (exact) mass is 999 g/mol. The molecule has 1 aliphatic carbocycles. The molecule has 0 spiro atoms. The first-order chi connectivity index (χ1) is 33.3. The lowest BCUT2D eigenvalue weighted by molar-refractivity contribution is -0.134. The minimum absolute atomic E-state index is 0.0249. The number of benzene rings is 4. The second-order valence-electron chi connectivity index (χ2n) is 18.5. The van der Waals surface area contributed by atoms with Crippen molar-refractivity contribution in [2.45, 2.75) is 118 Å². The van der Waals surface area contributed by atoms with Gasteiger partial charge in [-0.3, -0.25) is 19.7 Å². The van der Waals surface area contributed by atoms with Crippen molar-refractivity contribution in [3.8, 4) is 5.75 Å². The lowest BCUT2D eigenvalue weighted by Crippen LogP contribution is -2.39. The molecule has 3 aliphatic rings. The minimum Gasteiger partial charge on any atom is -0.494 e. The number of carbonyl (C=O) groups excluding carboxylic acids is 3. The fourth-order valence-electron chi connectivity index (χ4n) is 9.63. The second-order valence-corrected chi connectivity index (χ2v) is 22.8. The summed E-state index contributed by atoms with van der Waals surface area (Å²) in [5, 5.41) is 10.1. The van der Waals surface area contributed by atoms with E-state index in [0.29, 0.717) is 54.5 Å². The number of piperidine rings is 2. The number of halogens is 1. The number of amides is 3. The maximum absolute atomic E-state index is 14.4. The van der Waals surface area contributed by atoms with Crippen LogP contribution in [0.15, 0.2) is 111 Å². The van der Waals surface area contributed by atoms with E-state index in [2.05, 4.69) is 16.0 Å². The van der Waals surface area contributed by atoms with Gasteiger partial charge >= 0.3 is 0 Å². The first-order valence-corrected chi connectivity index (χ1v) is 27.5. The Labute approximate surface area is 410 Å². The number of ether oxygens (including phenoxy) is 1. The second kappa shape index (κ2) is 23.2. The molecule has 1 atom stereocenters. The summed E-state index contributed by atoms with van der Waals surface area (Å²) in [6.07, 6.45) is 12.0. The normalized spacial score (nSPS) is 17.5. The SMILES string of the molecule is O=C1CCC(c2coc3ccc(OCCCCCCCNC(=O)c4ccc(CN(CC5CCNCC5)S(=O)(=O)c5ccc(S(=O)(=O)N(Cc6ccc(Cl)cc6)C6CCCC6)cc5)cc4)cc23)C(=O)N1. The molecular weight excluding hydrogens is 938 g/mol. The third kappa shape index (κ3) is 12.8. The maximum Gasteiger partial charge on any atom is 0.251 e. The van der Waals surface area contributed by atoms with Crippen LogP contribution in [0.2, 0.25) is 5.02 Å². The van der Waals surface area contributed by atoms with E-state index in [0.717, 1.165) is 106 Å². The first kappa shape index (κ1) is 50.3. The Morgan fingerprint density at radius 3 is 2.12 bits per heavy atom. The number of hydrogen-bond acceptors (Lipinski definition) is 10. The number of imide groups is 1. The summed E-state index contributed by atoms with van der Waals surface area (Å²) in [7, 11) is -8.00. The van der Waals surface area contributed by atoms with Gasteiger partial charge in [0.2, 0.25) is 31.9 Å². The highest BCUT2D eigenvalue weighted by Crippen LogP contribution is 2.35. The quantitative estimate of drug-likeness (QED) is 0.0448. The summed E-state index contributed by atoms with van der Waals surface area (Å²) in [6, 6.07) is 25.2. The maximum atomic E-state index is 14.4. The van der Waals surface area contributed by atoms with Crippen LogP contribution in [0.25, 0.3) is 11.0 Å². The van der Waals surface area contributed by atoms with Crippen molar-refractivity contribution in [2.24, 2.45) is 5.92 Å². The van der Waals surface area contributed by atoms with E-state index >= 15 is 0 Å². The average Bonchev–Trinajstić information content (AvgIpc) is 4.04. The van der Waals surface area contributed by atoms with E-state index < -0.39 is 26.0 Å². The van der Waals surface area contributed by atoms with Crippen LogP contribution in [0, 0.1) is 5.92 Å². The van der Waals surface area contributed by atoms with Crippen molar-refractivity contribution in [3.63, 3.8) is 0 Å². The van der Waals surface area contributed by atoms with E-state index in [1.54, 1.807) is 47.0 Å². The number of nitrogens with zero attached hydrogens (tertiary/aromatic N) is 2. The highest BCUT2D eigenvalue weighted by atomic mass is 35.5. The van der Waals surface area contributed by atoms with Crippen LogP contribution in [0.1, 0.15) is 116 Å². The van der Waals surface area contributed by atoms with Crippen LogP contribution in [0.5, 0.6) is 5.75 Å². The van der Waals surface area contributed by atoms with Gasteiger partial charge in [-0.25, -0.2) is 16.8 Å². The van der Waals surface area contributed by atoms with Crippen molar-refractivity contribution in [1.29, 1.82) is 0 Å². The highest BCUT2D eigenvalue weighted by Gasteiger charge is 2.35. The van der Waals surface area contributed by atoms with Crippen LogP contribution in [-0.4, -0.2) is 82.0 Å². The third-order valence-corrected chi connectivity index (χ3v) is 17.6. The molecule has 8 rings (SSSR count). The van der Waals surface area contributed by atoms with Gasteiger partial charge in [0.05, 0.1) is 28.6 Å². The van der Waals surface area contributed by atoms with Crippen LogP contribution in [-0.2, 0) is 42.7 Å². The van der Waals surface area contributed by atoms with E-state index in [-0.39, 0.29) is 52.6 Å². The smallest absolute Gasteiger partial charge is 0.251 e. The number of unbranched alkanes of at least 4 members (excludes halogenated alkanes) is 4. The number of carbonyl (C=O) groups is 3. The number of furan rings is 1. The Bertz CT molecular complexity index is 2770. The molecule has 4 aromatic carbocycles. The van der Waals surface area contributed by atoms with Gasteiger partial charge in [-0.15, -0.1) is 0 Å². The summed E-state index contributed by atoms with van der Waals surface area (Å²) in [4.78, 5) is 37.2. The molecule has 14 nitrogen and oxygen atoms in total. The molecule has 1 saturated carbocycles. The molecule has 3 amide bonds. The van der Waals surface area contributed by atoms with Gasteiger partial charge in [-0.2, -0.15) is 8.61 Å². The first-order valence-electron chi connectivity index (χ1n) is 24.3. The zero-order valence-electron chi connectivity index (χ0n) is 38.9. The predicted octanol–water partition coefficient (Wildman–Crippen LogP) is 8.69. The summed E-state index contributed by atoms with van der Waals surface area (Å²) in [5.41, 5.74) is 3.47. The van der Waals surface area contributed by atoms with Crippen molar-refractivity contribution < 1.29 is 40.4 Å². The molecular formula is C52H62ClN5O9S2. The van der Waals surface area contributed by atoms with Crippen molar-refractivity contribution in [1.82, 2.24) is 24.6 Å². The summed E-state index contributed by atoms with van der Waals surface area (Å²) >= 11 is 6.11. The highest BCUT2D eigenvalue weighted by molar-refractivity contribution is 7.89. The molecule has 368 valence electrons. The molecule has 0 bridgehead atoms. The summed E-state index contributed by atoms with van der Waals surface area (Å²) in [5.74, 6) is -0.344. The molecule has 3 N–H and O–H groups in total. The lowest BCUT2D eigenvalue weighted by atomic mass is 9.90. The minimum atomic E-state index is -4.04. The zero-order valence-corrected chi connectivity index (χ0v) is 41.3. The van der Waals surface area contributed by atoms with Crippen LogP contribution >= 0.6 is 11.6 Å². The standard InChI is InChI=1S/C52H62ClN5O9S2/c53-41-16-12-38(13-17-41)35-58(42-8-4-5-9-42)69(64,65)45-21-19-44(20-22-45)68(62,63)57(34-39-26-29-54-30-27-39)33-37-10-14-40(15-11-37)51(60)55-28-6-2-1-3-7-31-66-43-18-24-49-47(32-43)48(36-67-49)46-23-25-50(59)56-52(46)61/h10-22,24,32,36,39,42,46,54H,1-9,23,25-31,33-35H2,(H,55,60)(H,56,59,61). The Hall–Kier alpha value is -5.10. The van der Waals surface area contributed by atoms with E-state index in [1.165, 1.54) is 28.6 Å². The number of nitrogens with one attached hydrogen (secondary N) is 3. The van der Waals surface area contributed by atoms with Crippen LogP contribution < -0.4 is 20.7 Å². The molecule has 17 heteroatoms. The van der Waals surface area contributed by atoms with Crippen LogP contribution in [0.4, 0.5) is 0 Å². The molecule has 5 aromatic rings. The molecule has 1 aromatic heterocycles. The van der Waals surface area contributed by atoms with E-state index in [4.69, 9.17) is 20.8 Å². The van der Waals surface area contributed by atoms with Gasteiger partial charge in [-0.1, -0.05) is 68.0 Å². The van der Waals surface area contributed by atoms with Gasteiger partial charge in [0, 0.05) is 60.2 Å². The van der Waals surface area contributed by atoms with Crippen molar-refractivity contribution >= 4 is 60.3 Å². The van der Waals surface area contributed by atoms with Crippen molar-refractivity contribution in [3.05, 3.63) is 125 Å². The summed E-state index contributed by atoms with van der Waals surface area (Å²) in [6.45, 7) is 3.29. The molecule has 0 radical (unpaired) electrons. The predicted molar refractivity (Wildman–Crippen MR) is 265 cm³/mol. The van der Waals surface area contributed by atoms with Gasteiger partial charge in [0.25, 0.3) is 5.91 Å². The fourth-order valence-corrected chi connectivity index (χ4v) is 12.9. The Kier molecular flexibility index (Phi) is 16.9. The van der Waals surface area contributed by atoms with Crippen LogP contribution in [0.3, 0.4) is 0 Å². The molecule has 2 aliphatic heterocycles. The van der Waals surface area contributed by atoms with Gasteiger partial charge in [0.15, 0.2) is 0 Å². The summed E-state index contributed by atoms with van der Waals surface area (Å²) < 4.78 is 71.9. The zero-order chi connectivity index (χ0) is 48.4. The fraction of sp³-hybridized carbons (Fsp3) is 0.442. The largest absolute Gasteiger partial charge is 0.494 e. The van der Waals surface area contributed by atoms with Gasteiger partial charge in [-0.05, 0) is 142 Å². The topological polar surface area (TPSA) is 184 Å². The van der Waals surface area contributed by atoms with Gasteiger partial charge in [0.1, 0.15) is 11.3 Å². The van der Waals surface area contributed by atoms with Gasteiger partial charge < -0.3 is 19.8 Å². The Morgan fingerprint density at radius 1 is 0.754 bits per heavy atom. The molecule has 69 heavy (non-hydrogen) atoms. The Balaban J connectivity index is 0.809. The average molecular weight is 1000 g/mol. The number of sulfonamides is 2. The van der Waals surface area contributed by atoms with Crippen molar-refractivity contribution in [2.75, 3.05) is 32.8 Å². The number of hydrogen-bond donors (Lipinski definition) is 3. The molecule has 1 unspecified atom stereocenters. The number of rotatable bonds is 22. The molecule has 2 saturated heterocycles. The lowest BCUT2D eigenvalue weighted by Gasteiger charge is -2.30. The van der Waals surface area contributed by atoms with E-state index in [1.807, 2.05) is 30.3 Å². The Morgan fingerprint density at radius 2 is 1.41 bits per heavy atom. The van der Waals surface area contributed by atoms with E-state index in [9.17, 15) is 31.2 Å².